The van der Waals surface area contributed by atoms with Gasteiger partial charge >= 0.3 is 5.97 Å². The number of halogens is 1. The monoisotopic (exact) mass is 369 g/mol. The van der Waals surface area contributed by atoms with Gasteiger partial charge < -0.3 is 9.47 Å². The maximum absolute atomic E-state index is 15.0. The molecule has 0 bridgehead atoms. The number of hydrogen-bond donors (Lipinski definition) is 0. The zero-order valence-electron chi connectivity index (χ0n) is 15.4. The van der Waals surface area contributed by atoms with E-state index in [2.05, 4.69) is 0 Å². The highest BCUT2D eigenvalue weighted by molar-refractivity contribution is 6.06. The summed E-state index contributed by atoms with van der Waals surface area (Å²) in [7, 11) is 1.35. The molecule has 0 unspecified atom stereocenters. The first kappa shape index (κ1) is 18.6. The summed E-state index contributed by atoms with van der Waals surface area (Å²) in [5, 5.41) is 0.0561. The van der Waals surface area contributed by atoms with Crippen LogP contribution in [0.3, 0.4) is 0 Å². The number of carbonyl (C=O) groups excluding carboxylic acids is 2. The fraction of sp³-hybridized carbons (Fsp3) is 0.238. The molecule has 1 heterocycles. The number of aromatic nitrogens is 1. The molecule has 1 aromatic heterocycles. The van der Waals surface area contributed by atoms with Crippen molar-refractivity contribution in [2.24, 2.45) is 0 Å². The maximum Gasteiger partial charge on any atom is 0.311 e. The third-order valence-corrected chi connectivity index (χ3v) is 4.33. The number of benzene rings is 2. The van der Waals surface area contributed by atoms with Crippen LogP contribution in [0.4, 0.5) is 4.39 Å². The van der Waals surface area contributed by atoms with Crippen LogP contribution in [0.1, 0.15) is 35.8 Å². The predicted molar refractivity (Wildman–Crippen MR) is 99.9 cm³/mol. The molecule has 0 aliphatic carbocycles. The van der Waals surface area contributed by atoms with Crippen molar-refractivity contribution in [3.05, 3.63) is 59.5 Å². The van der Waals surface area contributed by atoms with E-state index in [4.69, 9.17) is 9.47 Å². The fourth-order valence-corrected chi connectivity index (χ4v) is 3.04. The smallest absolute Gasteiger partial charge is 0.311 e. The molecule has 27 heavy (non-hydrogen) atoms. The standard InChI is InChI=1S/C21H20FNO4/c1-4-8-17(24)27-20-13(2)23(21(25)14-9-6-5-7-10-14)15-11-12-16(26-3)19(22)18(15)20/h5-7,9-12H,4,8H2,1-3H3. The van der Waals surface area contributed by atoms with Crippen molar-refractivity contribution in [3.63, 3.8) is 0 Å². The molecule has 2 aromatic carbocycles. The number of hydrogen-bond acceptors (Lipinski definition) is 4. The van der Waals surface area contributed by atoms with E-state index in [9.17, 15) is 14.0 Å². The molecule has 0 spiro atoms. The molecule has 0 amide bonds. The van der Waals surface area contributed by atoms with E-state index in [1.165, 1.54) is 17.7 Å². The van der Waals surface area contributed by atoms with Crippen molar-refractivity contribution in [3.8, 4) is 11.5 Å². The number of ether oxygens (including phenoxy) is 2. The molecule has 0 N–H and O–H groups in total. The van der Waals surface area contributed by atoms with Crippen molar-refractivity contribution in [1.82, 2.24) is 4.57 Å². The Balaban J connectivity index is 2.25. The molecule has 0 radical (unpaired) electrons. The Bertz CT molecular complexity index is 1010. The van der Waals surface area contributed by atoms with Crippen LogP contribution in [0.2, 0.25) is 0 Å². The van der Waals surface area contributed by atoms with Crippen molar-refractivity contribution < 1.29 is 23.5 Å². The lowest BCUT2D eigenvalue weighted by Gasteiger charge is -2.07. The lowest BCUT2D eigenvalue weighted by molar-refractivity contribution is -0.134. The van der Waals surface area contributed by atoms with Gasteiger partial charge in [0.05, 0.1) is 23.7 Å². The topological polar surface area (TPSA) is 57.5 Å². The average molecular weight is 369 g/mol. The summed E-state index contributed by atoms with van der Waals surface area (Å²) >= 11 is 0. The SMILES string of the molecule is CCCC(=O)Oc1c(C)n(C(=O)c2ccccc2)c2ccc(OC)c(F)c12. The van der Waals surface area contributed by atoms with Gasteiger partial charge in [-0.2, -0.15) is 0 Å². The summed E-state index contributed by atoms with van der Waals surface area (Å²) in [5.41, 5.74) is 1.12. The highest BCUT2D eigenvalue weighted by atomic mass is 19.1. The van der Waals surface area contributed by atoms with E-state index in [1.54, 1.807) is 43.3 Å². The third-order valence-electron chi connectivity index (χ3n) is 4.33. The van der Waals surface area contributed by atoms with Gasteiger partial charge in [-0.3, -0.25) is 14.2 Å². The molecular weight excluding hydrogens is 349 g/mol. The van der Waals surface area contributed by atoms with Crippen molar-refractivity contribution in [2.45, 2.75) is 26.7 Å². The molecule has 0 aliphatic heterocycles. The minimum Gasteiger partial charge on any atom is -0.494 e. The van der Waals surface area contributed by atoms with Crippen LogP contribution in [-0.4, -0.2) is 23.6 Å². The van der Waals surface area contributed by atoms with Gasteiger partial charge in [-0.05, 0) is 37.6 Å². The molecule has 3 rings (SSSR count). The van der Waals surface area contributed by atoms with Gasteiger partial charge in [-0.25, -0.2) is 4.39 Å². The Labute approximate surface area is 156 Å². The Morgan fingerprint density at radius 3 is 2.44 bits per heavy atom. The molecule has 0 atom stereocenters. The summed E-state index contributed by atoms with van der Waals surface area (Å²) in [6.07, 6.45) is 0.801. The number of esters is 1. The maximum atomic E-state index is 15.0. The van der Waals surface area contributed by atoms with Crippen LogP contribution < -0.4 is 9.47 Å². The molecule has 3 aromatic rings. The van der Waals surface area contributed by atoms with Crippen LogP contribution >= 0.6 is 0 Å². The average Bonchev–Trinajstić information content (AvgIpc) is 2.95. The predicted octanol–water partition coefficient (Wildman–Crippen LogP) is 4.49. The first-order chi connectivity index (χ1) is 13.0. The van der Waals surface area contributed by atoms with E-state index < -0.39 is 11.8 Å². The number of carbonyl (C=O) groups is 2. The van der Waals surface area contributed by atoms with Crippen LogP contribution in [0.5, 0.6) is 11.5 Å². The molecule has 0 aliphatic rings. The van der Waals surface area contributed by atoms with Crippen LogP contribution in [0, 0.1) is 12.7 Å². The summed E-state index contributed by atoms with van der Waals surface area (Å²) in [4.78, 5) is 25.1. The zero-order chi connectivity index (χ0) is 19.6. The molecular formula is C21H20FNO4. The number of rotatable bonds is 5. The van der Waals surface area contributed by atoms with E-state index >= 15 is 0 Å². The van der Waals surface area contributed by atoms with Gasteiger partial charge in [0.1, 0.15) is 0 Å². The first-order valence-corrected chi connectivity index (χ1v) is 8.67. The van der Waals surface area contributed by atoms with Crippen LogP contribution in [0.25, 0.3) is 10.9 Å². The Morgan fingerprint density at radius 2 is 1.81 bits per heavy atom. The Kier molecular flexibility index (Phi) is 5.26. The second kappa shape index (κ2) is 7.61. The summed E-state index contributed by atoms with van der Waals surface area (Å²) in [5.74, 6) is -1.42. The second-order valence-corrected chi connectivity index (χ2v) is 6.12. The van der Waals surface area contributed by atoms with E-state index in [-0.39, 0.29) is 29.2 Å². The van der Waals surface area contributed by atoms with Gasteiger partial charge in [0, 0.05) is 12.0 Å². The minimum atomic E-state index is -0.669. The van der Waals surface area contributed by atoms with Crippen molar-refractivity contribution >= 4 is 22.8 Å². The molecule has 140 valence electrons. The highest BCUT2D eigenvalue weighted by Gasteiger charge is 2.26. The molecule has 0 saturated carbocycles. The largest absolute Gasteiger partial charge is 0.494 e. The fourth-order valence-electron chi connectivity index (χ4n) is 3.04. The van der Waals surface area contributed by atoms with E-state index in [0.717, 1.165) is 0 Å². The zero-order valence-corrected chi connectivity index (χ0v) is 15.4. The number of fused-ring (bicyclic) bond motifs is 1. The normalized spacial score (nSPS) is 10.8. The van der Waals surface area contributed by atoms with Crippen LogP contribution in [0.15, 0.2) is 42.5 Å². The van der Waals surface area contributed by atoms with Gasteiger partial charge in [0.2, 0.25) is 0 Å². The van der Waals surface area contributed by atoms with E-state index in [0.29, 0.717) is 23.2 Å². The lowest BCUT2D eigenvalue weighted by atomic mass is 10.2. The van der Waals surface area contributed by atoms with Crippen molar-refractivity contribution in [2.75, 3.05) is 7.11 Å². The molecule has 0 fully saturated rings. The highest BCUT2D eigenvalue weighted by Crippen LogP contribution is 2.38. The van der Waals surface area contributed by atoms with Gasteiger partial charge in [0.25, 0.3) is 5.91 Å². The van der Waals surface area contributed by atoms with Gasteiger partial charge in [0.15, 0.2) is 17.3 Å². The van der Waals surface area contributed by atoms with Crippen LogP contribution in [-0.2, 0) is 4.79 Å². The first-order valence-electron chi connectivity index (χ1n) is 8.67. The molecule has 6 heteroatoms. The lowest BCUT2D eigenvalue weighted by Crippen LogP contribution is -2.14. The second-order valence-electron chi connectivity index (χ2n) is 6.12. The third kappa shape index (κ3) is 3.30. The minimum absolute atomic E-state index is 0.0135. The summed E-state index contributed by atoms with van der Waals surface area (Å²) in [6.45, 7) is 3.47. The molecule has 5 nitrogen and oxygen atoms in total. The number of nitrogens with zero attached hydrogens (tertiary/aromatic N) is 1. The number of methoxy groups -OCH3 is 1. The quantitative estimate of drug-likeness (QED) is 0.622. The van der Waals surface area contributed by atoms with Crippen molar-refractivity contribution in [1.29, 1.82) is 0 Å². The van der Waals surface area contributed by atoms with E-state index in [1.807, 2.05) is 6.92 Å². The van der Waals surface area contributed by atoms with Gasteiger partial charge in [-0.15, -0.1) is 0 Å². The molecule has 0 saturated heterocycles. The summed E-state index contributed by atoms with van der Waals surface area (Å²) < 4.78 is 26.8. The summed E-state index contributed by atoms with van der Waals surface area (Å²) in [6, 6.07) is 11.7. The Morgan fingerprint density at radius 1 is 1.11 bits per heavy atom. The Hall–Kier alpha value is -3.15. The van der Waals surface area contributed by atoms with Gasteiger partial charge in [-0.1, -0.05) is 25.1 Å².